The maximum atomic E-state index is 13.3. The summed E-state index contributed by atoms with van der Waals surface area (Å²) >= 11 is 1.36. The van der Waals surface area contributed by atoms with Crippen LogP contribution in [0.25, 0.3) is 11.3 Å². The molecule has 3 aromatic rings. The van der Waals surface area contributed by atoms with E-state index < -0.39 is 4.92 Å². The van der Waals surface area contributed by atoms with Gasteiger partial charge in [0.25, 0.3) is 11.6 Å². The Morgan fingerprint density at radius 3 is 2.32 bits per heavy atom. The quantitative estimate of drug-likeness (QED) is 0.192. The van der Waals surface area contributed by atoms with Gasteiger partial charge >= 0.3 is 0 Å². The van der Waals surface area contributed by atoms with E-state index in [1.807, 2.05) is 23.6 Å². The zero-order valence-electron chi connectivity index (χ0n) is 21.9. The summed E-state index contributed by atoms with van der Waals surface area (Å²) in [4.78, 5) is 32.4. The SMILES string of the molecule is CCN(CC)CCCN(C(=O)COc1ccc([N+](=O)[O-])cc1)c1nc(-c2cc(OC)ccc2OC)cs1.Cl. The van der Waals surface area contributed by atoms with Gasteiger partial charge in [-0.15, -0.1) is 23.7 Å². The summed E-state index contributed by atoms with van der Waals surface area (Å²) in [5.41, 5.74) is 1.40. The molecule has 0 bridgehead atoms. The zero-order chi connectivity index (χ0) is 26.8. The number of non-ortho nitro benzene ring substituents is 1. The van der Waals surface area contributed by atoms with Gasteiger partial charge in [-0.3, -0.25) is 19.8 Å². The van der Waals surface area contributed by atoms with Crippen molar-refractivity contribution in [1.29, 1.82) is 0 Å². The highest BCUT2D eigenvalue weighted by atomic mass is 35.5. The summed E-state index contributed by atoms with van der Waals surface area (Å²) in [6.45, 7) is 7.19. The first-order valence-electron chi connectivity index (χ1n) is 12.0. The van der Waals surface area contributed by atoms with Crippen LogP contribution in [0.5, 0.6) is 17.2 Å². The standard InChI is InChI=1S/C26H32N4O6S.ClH/c1-5-28(6-2)14-7-15-29(25(31)17-36-20-10-8-19(9-11-20)30(32)33)26-27-23(18-37-26)22-16-21(34-3)12-13-24(22)35-4;/h8-13,16,18H,5-7,14-15,17H2,1-4H3;1H. The smallest absolute Gasteiger partial charge is 0.269 e. The lowest BCUT2D eigenvalue weighted by atomic mass is 10.1. The average molecular weight is 565 g/mol. The van der Waals surface area contributed by atoms with Crippen LogP contribution in [-0.4, -0.2) is 67.7 Å². The molecule has 0 aliphatic rings. The van der Waals surface area contributed by atoms with Crippen molar-refractivity contribution >= 4 is 40.5 Å². The number of thiazole rings is 1. The fraction of sp³-hybridized carbons (Fsp3) is 0.385. The predicted octanol–water partition coefficient (Wildman–Crippen LogP) is 5.30. The molecule has 0 unspecified atom stereocenters. The summed E-state index contributed by atoms with van der Waals surface area (Å²) < 4.78 is 16.5. The van der Waals surface area contributed by atoms with Crippen LogP contribution in [0.4, 0.5) is 10.8 Å². The summed E-state index contributed by atoms with van der Waals surface area (Å²) in [7, 11) is 3.19. The molecular formula is C26H33ClN4O6S. The van der Waals surface area contributed by atoms with E-state index in [0.29, 0.717) is 34.6 Å². The highest BCUT2D eigenvalue weighted by Crippen LogP contribution is 2.36. The van der Waals surface area contributed by atoms with Crippen molar-refractivity contribution < 1.29 is 23.9 Å². The number of ether oxygens (including phenoxy) is 3. The molecule has 0 spiro atoms. The van der Waals surface area contributed by atoms with Crippen molar-refractivity contribution in [2.45, 2.75) is 20.3 Å². The molecule has 0 fully saturated rings. The van der Waals surface area contributed by atoms with Crippen molar-refractivity contribution in [2.75, 3.05) is 51.9 Å². The Kier molecular flexibility index (Phi) is 12.3. The number of hydrogen-bond acceptors (Lipinski definition) is 9. The Bertz CT molecular complexity index is 1190. The van der Waals surface area contributed by atoms with Crippen molar-refractivity contribution in [1.82, 2.24) is 9.88 Å². The van der Waals surface area contributed by atoms with Gasteiger partial charge in [-0.25, -0.2) is 4.98 Å². The average Bonchev–Trinajstić information content (AvgIpc) is 3.41. The van der Waals surface area contributed by atoms with Crippen molar-refractivity contribution in [2.24, 2.45) is 0 Å². The Labute approximate surface area is 232 Å². The number of methoxy groups -OCH3 is 2. The molecule has 2 aromatic carbocycles. The number of hydrogen-bond donors (Lipinski definition) is 0. The van der Waals surface area contributed by atoms with Gasteiger partial charge in [-0.05, 0) is 56.4 Å². The molecule has 1 aromatic heterocycles. The number of carbonyl (C=O) groups is 1. The summed E-state index contributed by atoms with van der Waals surface area (Å²) in [5.74, 6) is 1.45. The van der Waals surface area contributed by atoms with E-state index in [1.165, 1.54) is 35.6 Å². The predicted molar refractivity (Wildman–Crippen MR) is 151 cm³/mol. The maximum Gasteiger partial charge on any atom is 0.269 e. The topological polar surface area (TPSA) is 107 Å². The second-order valence-electron chi connectivity index (χ2n) is 8.05. The molecule has 206 valence electrons. The molecule has 3 rings (SSSR count). The molecular weight excluding hydrogens is 532 g/mol. The summed E-state index contributed by atoms with van der Waals surface area (Å²) in [6.07, 6.45) is 0.766. The molecule has 0 radical (unpaired) electrons. The van der Waals surface area contributed by atoms with Crippen LogP contribution >= 0.6 is 23.7 Å². The zero-order valence-corrected chi connectivity index (χ0v) is 23.5. The molecule has 1 heterocycles. The molecule has 0 aliphatic heterocycles. The third kappa shape index (κ3) is 8.04. The summed E-state index contributed by atoms with van der Waals surface area (Å²) in [6, 6.07) is 11.1. The van der Waals surface area contributed by atoms with Gasteiger partial charge < -0.3 is 19.1 Å². The third-order valence-electron chi connectivity index (χ3n) is 5.87. The molecule has 1 amide bonds. The van der Waals surface area contributed by atoms with Crippen LogP contribution in [0.15, 0.2) is 47.8 Å². The Hall–Kier alpha value is -3.41. The van der Waals surface area contributed by atoms with Gasteiger partial charge in [0, 0.05) is 29.6 Å². The van der Waals surface area contributed by atoms with Gasteiger partial charge in [0.2, 0.25) is 0 Å². The van der Waals surface area contributed by atoms with E-state index in [4.69, 9.17) is 19.2 Å². The fourth-order valence-electron chi connectivity index (χ4n) is 3.73. The van der Waals surface area contributed by atoms with E-state index in [9.17, 15) is 14.9 Å². The third-order valence-corrected chi connectivity index (χ3v) is 6.73. The van der Waals surface area contributed by atoms with E-state index in [-0.39, 0.29) is 30.6 Å². The number of amides is 1. The maximum absolute atomic E-state index is 13.3. The molecule has 38 heavy (non-hydrogen) atoms. The number of nitro groups is 1. The van der Waals surface area contributed by atoms with Crippen LogP contribution in [0.1, 0.15) is 20.3 Å². The second kappa shape index (κ2) is 15.1. The minimum absolute atomic E-state index is 0. The number of aromatic nitrogens is 1. The highest BCUT2D eigenvalue weighted by Gasteiger charge is 2.22. The van der Waals surface area contributed by atoms with Gasteiger partial charge in [0.15, 0.2) is 11.7 Å². The Balaban J connectivity index is 0.00000507. The van der Waals surface area contributed by atoms with Gasteiger partial charge in [0.05, 0.1) is 24.8 Å². The Morgan fingerprint density at radius 2 is 1.71 bits per heavy atom. The largest absolute Gasteiger partial charge is 0.497 e. The van der Waals surface area contributed by atoms with Crippen molar-refractivity contribution in [3.05, 3.63) is 58.0 Å². The molecule has 0 N–H and O–H groups in total. The number of rotatable bonds is 14. The highest BCUT2D eigenvalue weighted by molar-refractivity contribution is 7.14. The van der Waals surface area contributed by atoms with Crippen LogP contribution < -0.4 is 19.1 Å². The molecule has 10 nitrogen and oxygen atoms in total. The lowest BCUT2D eigenvalue weighted by Crippen LogP contribution is -2.37. The second-order valence-corrected chi connectivity index (χ2v) is 8.88. The Morgan fingerprint density at radius 1 is 1.03 bits per heavy atom. The minimum atomic E-state index is -0.482. The first-order chi connectivity index (χ1) is 17.9. The van der Waals surface area contributed by atoms with E-state index in [1.54, 1.807) is 19.1 Å². The summed E-state index contributed by atoms with van der Waals surface area (Å²) in [5, 5.41) is 13.3. The fourth-order valence-corrected chi connectivity index (χ4v) is 4.60. The molecule has 0 atom stereocenters. The van der Waals surface area contributed by atoms with Crippen LogP contribution in [0, 0.1) is 10.1 Å². The number of benzene rings is 2. The number of anilines is 1. The molecule has 0 saturated heterocycles. The lowest BCUT2D eigenvalue weighted by molar-refractivity contribution is -0.384. The number of halogens is 1. The molecule has 0 aliphatic carbocycles. The lowest BCUT2D eigenvalue weighted by Gasteiger charge is -2.23. The minimum Gasteiger partial charge on any atom is -0.497 e. The number of nitrogens with zero attached hydrogens (tertiary/aromatic N) is 4. The van der Waals surface area contributed by atoms with Crippen LogP contribution in [-0.2, 0) is 4.79 Å². The van der Waals surface area contributed by atoms with Gasteiger partial charge in [-0.1, -0.05) is 13.8 Å². The van der Waals surface area contributed by atoms with Crippen LogP contribution in [0.2, 0.25) is 0 Å². The van der Waals surface area contributed by atoms with E-state index in [2.05, 4.69) is 18.7 Å². The van der Waals surface area contributed by atoms with Crippen molar-refractivity contribution in [3.8, 4) is 28.5 Å². The van der Waals surface area contributed by atoms with Gasteiger partial charge in [-0.2, -0.15) is 0 Å². The monoisotopic (exact) mass is 564 g/mol. The molecule has 0 saturated carbocycles. The van der Waals surface area contributed by atoms with Gasteiger partial charge in [0.1, 0.15) is 17.2 Å². The van der Waals surface area contributed by atoms with E-state index >= 15 is 0 Å². The number of carbonyl (C=O) groups excluding carboxylic acids is 1. The first-order valence-corrected chi connectivity index (χ1v) is 12.9. The molecule has 12 heteroatoms. The normalized spacial score (nSPS) is 10.6. The van der Waals surface area contributed by atoms with E-state index in [0.717, 1.165) is 31.6 Å². The first kappa shape index (κ1) is 30.8. The number of nitro benzene ring substituents is 1. The van der Waals surface area contributed by atoms with Crippen LogP contribution in [0.3, 0.4) is 0 Å². The van der Waals surface area contributed by atoms with Crippen molar-refractivity contribution in [3.63, 3.8) is 0 Å².